The van der Waals surface area contributed by atoms with Gasteiger partial charge in [-0.2, -0.15) is 18.3 Å². The molecule has 1 saturated heterocycles. The summed E-state index contributed by atoms with van der Waals surface area (Å²) < 4.78 is 40.9. The largest absolute Gasteiger partial charge is 0.435 e. The van der Waals surface area contributed by atoms with Crippen molar-refractivity contribution in [1.29, 1.82) is 0 Å². The van der Waals surface area contributed by atoms with E-state index in [2.05, 4.69) is 22.5 Å². The van der Waals surface area contributed by atoms with Crippen LogP contribution in [0.1, 0.15) is 54.2 Å². The first-order valence-corrected chi connectivity index (χ1v) is 13.5. The Balaban J connectivity index is 1.45. The lowest BCUT2D eigenvalue weighted by atomic mass is 9.86. The summed E-state index contributed by atoms with van der Waals surface area (Å²) in [6.07, 6.45) is 5.16. The van der Waals surface area contributed by atoms with Crippen LogP contribution in [0.2, 0.25) is 0 Å². The number of likely N-dealkylation sites (N-methyl/N-ethyl adjacent to an activating group) is 1. The second-order valence-corrected chi connectivity index (χ2v) is 10.6. The van der Waals surface area contributed by atoms with Crippen LogP contribution in [-0.4, -0.2) is 57.6 Å². The standard InChI is InChI=1S/C29H34F3N5O2/c1-19-17-26(29(30,31)32)34-36(19)18-27(38)37-23(21-13-15-33-16-14-21)10-6-12-25(37)28(39)35(2)24-11-5-8-20-7-3-4-9-22(20)24/h3-4,6-7,9-10,12,17,21,24-25,33H,5,8,11,13-16,18H2,1-2H3. The Bertz CT molecular complexity index is 1290. The van der Waals surface area contributed by atoms with Crippen molar-refractivity contribution in [3.8, 4) is 0 Å². The van der Waals surface area contributed by atoms with Crippen molar-refractivity contribution in [2.24, 2.45) is 5.92 Å². The number of nitrogens with one attached hydrogen (secondary N) is 1. The van der Waals surface area contributed by atoms with E-state index in [1.54, 1.807) is 18.0 Å². The third-order valence-electron chi connectivity index (χ3n) is 8.11. The number of carbonyl (C=O) groups excluding carboxylic acids is 2. The van der Waals surface area contributed by atoms with Gasteiger partial charge < -0.3 is 10.2 Å². The number of alkyl halides is 3. The molecule has 3 heterocycles. The van der Waals surface area contributed by atoms with Crippen molar-refractivity contribution >= 4 is 11.8 Å². The Morgan fingerprint density at radius 1 is 1.15 bits per heavy atom. The highest BCUT2D eigenvalue weighted by molar-refractivity contribution is 5.91. The number of aryl methyl sites for hydroxylation is 2. The van der Waals surface area contributed by atoms with E-state index in [1.165, 1.54) is 17.4 Å². The second-order valence-electron chi connectivity index (χ2n) is 10.6. The Morgan fingerprint density at radius 3 is 2.62 bits per heavy atom. The number of carbonyl (C=O) groups is 2. The van der Waals surface area contributed by atoms with E-state index in [-0.39, 0.29) is 23.6 Å². The monoisotopic (exact) mass is 541 g/mol. The first-order chi connectivity index (χ1) is 18.6. The molecule has 2 unspecified atom stereocenters. The highest BCUT2D eigenvalue weighted by atomic mass is 19.4. The summed E-state index contributed by atoms with van der Waals surface area (Å²) in [4.78, 5) is 31.2. The zero-order chi connectivity index (χ0) is 27.7. The zero-order valence-corrected chi connectivity index (χ0v) is 22.2. The number of nitrogens with zero attached hydrogens (tertiary/aromatic N) is 4. The summed E-state index contributed by atoms with van der Waals surface area (Å²) in [6.45, 7) is 2.68. The topological polar surface area (TPSA) is 70.5 Å². The van der Waals surface area contributed by atoms with Gasteiger partial charge in [0, 0.05) is 24.4 Å². The van der Waals surface area contributed by atoms with Crippen LogP contribution in [0.5, 0.6) is 0 Å². The molecule has 7 nitrogen and oxygen atoms in total. The molecule has 1 N–H and O–H groups in total. The number of hydrogen-bond acceptors (Lipinski definition) is 4. The molecule has 2 aromatic rings. The second kappa shape index (κ2) is 11.0. The number of piperidine rings is 1. The van der Waals surface area contributed by atoms with Gasteiger partial charge >= 0.3 is 6.18 Å². The molecule has 1 aromatic heterocycles. The minimum atomic E-state index is -4.61. The lowest BCUT2D eigenvalue weighted by Crippen LogP contribution is -2.52. The fourth-order valence-electron chi connectivity index (χ4n) is 6.03. The van der Waals surface area contributed by atoms with Gasteiger partial charge in [0.2, 0.25) is 11.8 Å². The summed E-state index contributed by atoms with van der Waals surface area (Å²) in [5.41, 5.74) is 2.28. The van der Waals surface area contributed by atoms with Crippen molar-refractivity contribution in [3.05, 3.63) is 76.8 Å². The van der Waals surface area contributed by atoms with Gasteiger partial charge in [0.15, 0.2) is 5.69 Å². The summed E-state index contributed by atoms with van der Waals surface area (Å²) in [5.74, 6) is -0.616. The summed E-state index contributed by atoms with van der Waals surface area (Å²) in [7, 11) is 1.78. The van der Waals surface area contributed by atoms with E-state index in [0.717, 1.165) is 67.2 Å². The van der Waals surface area contributed by atoms with E-state index in [9.17, 15) is 22.8 Å². The maximum absolute atomic E-state index is 14.1. The van der Waals surface area contributed by atoms with Gasteiger partial charge in [0.25, 0.3) is 0 Å². The molecule has 1 aromatic carbocycles. The van der Waals surface area contributed by atoms with Gasteiger partial charge in [0.05, 0.1) is 6.04 Å². The van der Waals surface area contributed by atoms with E-state index >= 15 is 0 Å². The molecule has 39 heavy (non-hydrogen) atoms. The smallest absolute Gasteiger partial charge is 0.337 e. The van der Waals surface area contributed by atoms with Crippen molar-refractivity contribution in [1.82, 2.24) is 24.9 Å². The predicted octanol–water partition coefficient (Wildman–Crippen LogP) is 4.40. The van der Waals surface area contributed by atoms with Crippen LogP contribution < -0.4 is 5.32 Å². The van der Waals surface area contributed by atoms with Crippen LogP contribution in [-0.2, 0) is 28.7 Å². The average molecular weight is 542 g/mol. The van der Waals surface area contributed by atoms with Crippen molar-refractivity contribution < 1.29 is 22.8 Å². The van der Waals surface area contributed by atoms with Crippen LogP contribution in [0.25, 0.3) is 0 Å². The SMILES string of the molecule is Cc1cc(C(F)(F)F)nn1CC(=O)N1C(C2CCNCC2)=CC=CC1C(=O)N(C)C1CCCc2ccccc21. The molecule has 0 spiro atoms. The molecule has 208 valence electrons. The lowest BCUT2D eigenvalue weighted by molar-refractivity contribution is -0.144. The summed E-state index contributed by atoms with van der Waals surface area (Å²) in [6, 6.07) is 8.07. The summed E-state index contributed by atoms with van der Waals surface area (Å²) in [5, 5.41) is 6.98. The van der Waals surface area contributed by atoms with Gasteiger partial charge in [-0.1, -0.05) is 36.4 Å². The number of fused-ring (bicyclic) bond motifs is 1. The Labute approximate surface area is 226 Å². The molecule has 0 bridgehead atoms. The van der Waals surface area contributed by atoms with Crippen molar-refractivity contribution in [2.75, 3.05) is 20.1 Å². The molecule has 0 saturated carbocycles. The van der Waals surface area contributed by atoms with E-state index in [1.807, 2.05) is 24.3 Å². The summed E-state index contributed by atoms with van der Waals surface area (Å²) >= 11 is 0. The molecule has 5 rings (SSSR count). The maximum atomic E-state index is 14.1. The third-order valence-corrected chi connectivity index (χ3v) is 8.11. The number of aromatic nitrogens is 2. The van der Waals surface area contributed by atoms with Crippen molar-refractivity contribution in [2.45, 2.75) is 63.8 Å². The van der Waals surface area contributed by atoms with Crippen molar-refractivity contribution in [3.63, 3.8) is 0 Å². The lowest BCUT2D eigenvalue weighted by Gasteiger charge is -2.41. The molecule has 2 atom stereocenters. The third kappa shape index (κ3) is 5.52. The van der Waals surface area contributed by atoms with Gasteiger partial charge in [-0.25, -0.2) is 0 Å². The fraction of sp³-hybridized carbons (Fsp3) is 0.483. The molecular weight excluding hydrogens is 507 g/mol. The van der Waals surface area contributed by atoms with E-state index in [4.69, 9.17) is 0 Å². The average Bonchev–Trinajstić information content (AvgIpc) is 3.32. The molecule has 0 radical (unpaired) electrons. The maximum Gasteiger partial charge on any atom is 0.435 e. The minimum absolute atomic E-state index is 0.0561. The number of benzene rings is 1. The Kier molecular flexibility index (Phi) is 7.66. The number of allylic oxidation sites excluding steroid dienone is 3. The normalized spacial score (nSPS) is 21.9. The number of hydrogen-bond donors (Lipinski definition) is 1. The van der Waals surface area contributed by atoms with Gasteiger partial charge in [-0.3, -0.25) is 19.2 Å². The molecule has 10 heteroatoms. The highest BCUT2D eigenvalue weighted by Gasteiger charge is 2.40. The molecule has 2 amide bonds. The first-order valence-electron chi connectivity index (χ1n) is 13.5. The molecule has 2 aliphatic heterocycles. The first kappa shape index (κ1) is 27.2. The number of halogens is 3. The number of amides is 2. The van der Waals surface area contributed by atoms with Crippen LogP contribution in [0.4, 0.5) is 13.2 Å². The van der Waals surface area contributed by atoms with Crippen LogP contribution in [0.15, 0.2) is 54.3 Å². The molecule has 1 aliphatic carbocycles. The van der Waals surface area contributed by atoms with Gasteiger partial charge in [-0.05, 0) is 75.4 Å². The van der Waals surface area contributed by atoms with E-state index in [0.29, 0.717) is 0 Å². The van der Waals surface area contributed by atoms with Crippen LogP contribution >= 0.6 is 0 Å². The van der Waals surface area contributed by atoms with Gasteiger partial charge in [-0.15, -0.1) is 0 Å². The molecule has 1 fully saturated rings. The molecular formula is C29H34F3N5O2. The van der Waals surface area contributed by atoms with E-state index < -0.39 is 30.4 Å². The van der Waals surface area contributed by atoms with Gasteiger partial charge in [0.1, 0.15) is 12.6 Å². The zero-order valence-electron chi connectivity index (χ0n) is 22.2. The Morgan fingerprint density at radius 2 is 1.90 bits per heavy atom. The fourth-order valence-corrected chi connectivity index (χ4v) is 6.03. The minimum Gasteiger partial charge on any atom is -0.337 e. The Hall–Kier alpha value is -3.40. The molecule has 3 aliphatic rings. The quantitative estimate of drug-likeness (QED) is 0.610. The predicted molar refractivity (Wildman–Crippen MR) is 140 cm³/mol. The van der Waals surface area contributed by atoms with Crippen LogP contribution in [0.3, 0.4) is 0 Å². The number of rotatable bonds is 5. The van der Waals surface area contributed by atoms with Crippen LogP contribution in [0, 0.1) is 12.8 Å². The highest BCUT2D eigenvalue weighted by Crippen LogP contribution is 2.36.